The van der Waals surface area contributed by atoms with E-state index < -0.39 is 11.7 Å². The number of carbonyl (C=O) groups is 1. The zero-order valence-electron chi connectivity index (χ0n) is 18.6. The molecule has 0 spiro atoms. The number of thiocarbonyl (C=S) groups is 1. The van der Waals surface area contributed by atoms with Gasteiger partial charge in [0, 0.05) is 43.8 Å². The first-order valence-corrected chi connectivity index (χ1v) is 10.9. The normalized spacial score (nSPS) is 11.2. The van der Waals surface area contributed by atoms with Crippen LogP contribution in [-0.2, 0) is 17.7 Å². The molecule has 1 amide bonds. The minimum atomic E-state index is -0.557. The highest BCUT2D eigenvalue weighted by Gasteiger charge is 2.17. The number of hydrogen-bond acceptors (Lipinski definition) is 4. The molecule has 168 valence electrons. The van der Waals surface area contributed by atoms with E-state index in [4.69, 9.17) is 17.0 Å². The lowest BCUT2D eigenvalue weighted by Gasteiger charge is -2.26. The molecule has 0 aliphatic carbocycles. The third kappa shape index (κ3) is 7.27. The molecule has 0 radical (unpaired) electrons. The Kier molecular flexibility index (Phi) is 7.75. The largest absolute Gasteiger partial charge is 0.444 e. The summed E-state index contributed by atoms with van der Waals surface area (Å²) < 4.78 is 18.6. The molecule has 0 atom stereocenters. The molecular weight excluding hydrogens is 425 g/mol. The van der Waals surface area contributed by atoms with Gasteiger partial charge in [-0.2, -0.15) is 0 Å². The zero-order chi connectivity index (χ0) is 23.1. The van der Waals surface area contributed by atoms with Crippen molar-refractivity contribution in [3.8, 4) is 0 Å². The summed E-state index contributed by atoms with van der Waals surface area (Å²) in [5, 5.41) is 4.96. The minimum absolute atomic E-state index is 0.278. The molecular formula is C25H28FN3O2S. The molecule has 32 heavy (non-hydrogen) atoms. The van der Waals surface area contributed by atoms with Gasteiger partial charge in [0.15, 0.2) is 0 Å². The lowest BCUT2D eigenvalue weighted by Crippen LogP contribution is -2.40. The molecule has 0 aliphatic heterocycles. The van der Waals surface area contributed by atoms with Crippen molar-refractivity contribution in [2.24, 2.45) is 0 Å². The van der Waals surface area contributed by atoms with E-state index in [1.165, 1.54) is 12.1 Å². The van der Waals surface area contributed by atoms with Gasteiger partial charge in [-0.3, -0.25) is 4.98 Å². The number of fused-ring (bicyclic) bond motifs is 1. The summed E-state index contributed by atoms with van der Waals surface area (Å²) in [5.41, 5.74) is 1.48. The van der Waals surface area contributed by atoms with Crippen LogP contribution in [0.3, 0.4) is 0 Å². The van der Waals surface area contributed by atoms with Crippen LogP contribution in [0.5, 0.6) is 0 Å². The van der Waals surface area contributed by atoms with E-state index in [9.17, 15) is 9.18 Å². The number of carbonyl (C=O) groups excluding carboxylic acids is 1. The van der Waals surface area contributed by atoms with Gasteiger partial charge in [0.2, 0.25) is 0 Å². The molecule has 0 bridgehead atoms. The summed E-state index contributed by atoms with van der Waals surface area (Å²) in [6.45, 7) is 6.87. The maximum atomic E-state index is 13.3. The van der Waals surface area contributed by atoms with Crippen molar-refractivity contribution in [2.75, 3.05) is 13.1 Å². The first kappa shape index (κ1) is 23.6. The molecule has 1 N–H and O–H groups in total. The number of ether oxygens (including phenoxy) is 1. The fraction of sp³-hybridized carbons (Fsp3) is 0.320. The second-order valence-corrected chi connectivity index (χ2v) is 9.08. The van der Waals surface area contributed by atoms with Crippen LogP contribution in [0.25, 0.3) is 10.8 Å². The number of hydrogen-bond donors (Lipinski definition) is 1. The summed E-state index contributed by atoms with van der Waals surface area (Å²) >= 11 is 5.77. The van der Waals surface area contributed by atoms with Crippen molar-refractivity contribution < 1.29 is 13.9 Å². The molecule has 5 nitrogen and oxygen atoms in total. The number of nitrogens with one attached hydrogen (secondary N) is 1. The average Bonchev–Trinajstić information content (AvgIpc) is 2.73. The molecule has 1 heterocycles. The number of rotatable bonds is 7. The Balaban J connectivity index is 1.68. The molecule has 3 aromatic rings. The number of amides is 1. The first-order valence-electron chi connectivity index (χ1n) is 10.5. The van der Waals surface area contributed by atoms with Gasteiger partial charge in [-0.05, 0) is 55.5 Å². The molecule has 3 rings (SSSR count). The maximum absolute atomic E-state index is 13.3. The average molecular weight is 454 g/mol. The topological polar surface area (TPSA) is 54.5 Å². The summed E-state index contributed by atoms with van der Waals surface area (Å²) in [6, 6.07) is 14.5. The Morgan fingerprint density at radius 2 is 1.81 bits per heavy atom. The number of pyridine rings is 1. The van der Waals surface area contributed by atoms with Crippen LogP contribution in [0.15, 0.2) is 60.9 Å². The predicted molar refractivity (Wildman–Crippen MR) is 129 cm³/mol. The third-order valence-electron chi connectivity index (χ3n) is 4.75. The van der Waals surface area contributed by atoms with Crippen molar-refractivity contribution in [1.29, 1.82) is 0 Å². The van der Waals surface area contributed by atoms with E-state index in [-0.39, 0.29) is 5.82 Å². The van der Waals surface area contributed by atoms with Crippen molar-refractivity contribution >= 4 is 34.1 Å². The van der Waals surface area contributed by atoms with Gasteiger partial charge < -0.3 is 15.0 Å². The minimum Gasteiger partial charge on any atom is -0.444 e. The van der Waals surface area contributed by atoms with Gasteiger partial charge in [-0.1, -0.05) is 42.5 Å². The van der Waals surface area contributed by atoms with E-state index in [0.29, 0.717) is 26.1 Å². The number of halogens is 1. The Labute approximate surface area is 193 Å². The van der Waals surface area contributed by atoms with Gasteiger partial charge in [0.05, 0.1) is 4.99 Å². The summed E-state index contributed by atoms with van der Waals surface area (Å²) in [7, 11) is 0. The molecule has 1 aromatic heterocycles. The lowest BCUT2D eigenvalue weighted by atomic mass is 10.1. The molecule has 7 heteroatoms. The van der Waals surface area contributed by atoms with Crippen LogP contribution in [0.4, 0.5) is 9.18 Å². The zero-order valence-corrected chi connectivity index (χ0v) is 19.4. The summed E-state index contributed by atoms with van der Waals surface area (Å²) in [5.74, 6) is -0.278. The SMILES string of the molecule is CC(C)(C)OC(=O)NCCN(Cc1ccc(F)cc1)C(=S)Cc1ccc2cnccc2c1. The van der Waals surface area contributed by atoms with Crippen molar-refractivity contribution in [3.05, 3.63) is 77.9 Å². The summed E-state index contributed by atoms with van der Waals surface area (Å²) in [4.78, 5) is 18.9. The third-order valence-corrected chi connectivity index (χ3v) is 5.15. The fourth-order valence-electron chi connectivity index (χ4n) is 3.24. The van der Waals surface area contributed by atoms with Crippen LogP contribution in [0.1, 0.15) is 31.9 Å². The van der Waals surface area contributed by atoms with E-state index in [0.717, 1.165) is 26.9 Å². The van der Waals surface area contributed by atoms with E-state index in [2.05, 4.69) is 16.4 Å². The monoisotopic (exact) mass is 453 g/mol. The predicted octanol–water partition coefficient (Wildman–Crippen LogP) is 5.27. The Bertz CT molecular complexity index is 1080. The van der Waals surface area contributed by atoms with Crippen LogP contribution in [0, 0.1) is 5.82 Å². The van der Waals surface area contributed by atoms with E-state index in [1.807, 2.05) is 50.1 Å². The highest BCUT2D eigenvalue weighted by Crippen LogP contribution is 2.17. The molecule has 2 aromatic carbocycles. The number of nitrogens with zero attached hydrogens (tertiary/aromatic N) is 2. The van der Waals surface area contributed by atoms with Crippen molar-refractivity contribution in [3.63, 3.8) is 0 Å². The van der Waals surface area contributed by atoms with Crippen LogP contribution in [0.2, 0.25) is 0 Å². The Morgan fingerprint density at radius 1 is 1.09 bits per heavy atom. The van der Waals surface area contributed by atoms with Crippen molar-refractivity contribution in [2.45, 2.75) is 39.3 Å². The van der Waals surface area contributed by atoms with Crippen LogP contribution in [-0.4, -0.2) is 39.7 Å². The Hall–Kier alpha value is -3.06. The molecule has 0 unspecified atom stereocenters. The van der Waals surface area contributed by atoms with Gasteiger partial charge >= 0.3 is 6.09 Å². The molecule has 0 fully saturated rings. The molecule has 0 aliphatic rings. The number of benzene rings is 2. The Morgan fingerprint density at radius 3 is 2.53 bits per heavy atom. The number of alkyl carbamates (subject to hydrolysis) is 1. The van der Waals surface area contributed by atoms with Gasteiger partial charge in [0.1, 0.15) is 11.4 Å². The second-order valence-electron chi connectivity index (χ2n) is 8.60. The fourth-order valence-corrected chi connectivity index (χ4v) is 3.56. The first-order chi connectivity index (χ1) is 15.2. The van der Waals surface area contributed by atoms with Gasteiger partial charge in [-0.25, -0.2) is 9.18 Å². The van der Waals surface area contributed by atoms with E-state index >= 15 is 0 Å². The highest BCUT2D eigenvalue weighted by molar-refractivity contribution is 7.80. The smallest absolute Gasteiger partial charge is 0.407 e. The van der Waals surface area contributed by atoms with Crippen LogP contribution >= 0.6 is 12.2 Å². The summed E-state index contributed by atoms with van der Waals surface area (Å²) in [6.07, 6.45) is 3.73. The standard InChI is InChI=1S/C25H28FN3O2S/c1-25(2,3)31-24(30)28-12-13-29(17-18-5-8-22(26)9-6-18)23(32)15-19-4-7-21-16-27-11-10-20(21)14-19/h4-11,14,16H,12-13,15,17H2,1-3H3,(H,28,30). The number of aromatic nitrogens is 1. The maximum Gasteiger partial charge on any atom is 0.407 e. The van der Waals surface area contributed by atoms with Crippen molar-refractivity contribution in [1.82, 2.24) is 15.2 Å². The van der Waals surface area contributed by atoms with Crippen LogP contribution < -0.4 is 5.32 Å². The molecule has 0 saturated heterocycles. The highest BCUT2D eigenvalue weighted by atomic mass is 32.1. The quantitative estimate of drug-likeness (QED) is 0.494. The molecule has 0 saturated carbocycles. The van der Waals surface area contributed by atoms with Gasteiger partial charge in [-0.15, -0.1) is 0 Å². The second kappa shape index (κ2) is 10.5. The van der Waals surface area contributed by atoms with E-state index in [1.54, 1.807) is 18.3 Å². The lowest BCUT2D eigenvalue weighted by molar-refractivity contribution is 0.0525. The van der Waals surface area contributed by atoms with Gasteiger partial charge in [0.25, 0.3) is 0 Å².